The molecule has 0 N–H and O–H groups in total. The zero-order valence-corrected chi connectivity index (χ0v) is 22.6. The summed E-state index contributed by atoms with van der Waals surface area (Å²) in [5.74, 6) is -1.50. The molecule has 1 atom stereocenters. The molecular formula is C26H17ClF5N11. The van der Waals surface area contributed by atoms with Crippen molar-refractivity contribution >= 4 is 11.6 Å². The highest BCUT2D eigenvalue weighted by molar-refractivity contribution is 6.31. The lowest BCUT2D eigenvalue weighted by molar-refractivity contribution is -0.141. The zero-order chi connectivity index (χ0) is 30.3. The van der Waals surface area contributed by atoms with E-state index in [-0.39, 0.29) is 22.7 Å². The van der Waals surface area contributed by atoms with Crippen molar-refractivity contribution in [3.05, 3.63) is 101 Å². The van der Waals surface area contributed by atoms with Crippen LogP contribution in [0.3, 0.4) is 0 Å². The van der Waals surface area contributed by atoms with Gasteiger partial charge in [-0.05, 0) is 40.3 Å². The predicted molar refractivity (Wildman–Crippen MR) is 141 cm³/mol. The standard InChI is InChI=1S/C26H17ClF5N11/c1-41-24(25(29)37-39-41)16-11-36-42(12-16)20(8-14-2-7-21(34-9-14)26(30,31)32)18-5-3-15(10-33-18)22-19(43-13-35-38-40-43)6-4-17(27)23(22)28/h2-7,9-13,20H,8H2,1H3/t20-/m1/s1. The highest BCUT2D eigenvalue weighted by atomic mass is 35.5. The van der Waals surface area contributed by atoms with Crippen molar-refractivity contribution in [2.45, 2.75) is 18.6 Å². The van der Waals surface area contributed by atoms with Gasteiger partial charge in [0.25, 0.3) is 5.95 Å². The Hall–Kier alpha value is -5.12. The van der Waals surface area contributed by atoms with Crippen molar-refractivity contribution in [2.75, 3.05) is 0 Å². The van der Waals surface area contributed by atoms with Crippen LogP contribution in [-0.4, -0.2) is 54.9 Å². The third-order valence-corrected chi connectivity index (χ3v) is 6.90. The van der Waals surface area contributed by atoms with Crippen LogP contribution in [0.15, 0.2) is 67.5 Å². The van der Waals surface area contributed by atoms with E-state index in [0.29, 0.717) is 28.1 Å². The second kappa shape index (κ2) is 10.9. The van der Waals surface area contributed by atoms with Crippen LogP contribution in [0.4, 0.5) is 22.0 Å². The van der Waals surface area contributed by atoms with Crippen molar-refractivity contribution in [1.29, 1.82) is 0 Å². The quantitative estimate of drug-likeness (QED) is 0.234. The van der Waals surface area contributed by atoms with Crippen LogP contribution in [0.1, 0.15) is 23.0 Å². The van der Waals surface area contributed by atoms with Crippen LogP contribution in [-0.2, 0) is 19.6 Å². The highest BCUT2D eigenvalue weighted by Crippen LogP contribution is 2.34. The molecule has 17 heteroatoms. The second-order valence-corrected chi connectivity index (χ2v) is 9.72. The van der Waals surface area contributed by atoms with E-state index in [2.05, 4.69) is 40.9 Å². The Morgan fingerprint density at radius 1 is 0.930 bits per heavy atom. The Bertz CT molecular complexity index is 1860. The largest absolute Gasteiger partial charge is 0.433 e. The minimum atomic E-state index is -4.59. The molecule has 6 aromatic rings. The summed E-state index contributed by atoms with van der Waals surface area (Å²) in [7, 11) is 1.52. The summed E-state index contributed by atoms with van der Waals surface area (Å²) in [4.78, 5) is 8.10. The van der Waals surface area contributed by atoms with Crippen molar-refractivity contribution in [2.24, 2.45) is 7.05 Å². The third-order valence-electron chi connectivity index (χ3n) is 6.61. The third kappa shape index (κ3) is 5.43. The summed E-state index contributed by atoms with van der Waals surface area (Å²) in [6.45, 7) is 0. The lowest BCUT2D eigenvalue weighted by Crippen LogP contribution is -2.16. The number of aromatic nitrogens is 11. The van der Waals surface area contributed by atoms with Gasteiger partial charge >= 0.3 is 6.18 Å². The number of hydrogen-bond acceptors (Lipinski definition) is 8. The first-order valence-electron chi connectivity index (χ1n) is 12.4. The van der Waals surface area contributed by atoms with Gasteiger partial charge < -0.3 is 0 Å². The van der Waals surface area contributed by atoms with Gasteiger partial charge in [-0.3, -0.25) is 14.6 Å². The number of hydrogen-bond donors (Lipinski definition) is 0. The summed E-state index contributed by atoms with van der Waals surface area (Å²) < 4.78 is 72.9. The molecule has 0 saturated carbocycles. The van der Waals surface area contributed by atoms with E-state index < -0.39 is 29.7 Å². The molecule has 0 saturated heterocycles. The predicted octanol–water partition coefficient (Wildman–Crippen LogP) is 4.89. The lowest BCUT2D eigenvalue weighted by Gasteiger charge is -2.19. The number of nitrogens with zero attached hydrogens (tertiary/aromatic N) is 11. The topological polar surface area (TPSA) is 118 Å². The minimum Gasteiger partial charge on any atom is -0.263 e. The molecule has 0 aliphatic carbocycles. The Morgan fingerprint density at radius 3 is 2.40 bits per heavy atom. The van der Waals surface area contributed by atoms with Crippen molar-refractivity contribution in [1.82, 2.24) is 54.9 Å². The van der Waals surface area contributed by atoms with E-state index in [1.54, 1.807) is 24.4 Å². The Kier molecular flexibility index (Phi) is 7.13. The van der Waals surface area contributed by atoms with Crippen LogP contribution in [0, 0.1) is 11.8 Å². The smallest absolute Gasteiger partial charge is 0.263 e. The maximum atomic E-state index is 15.3. The fourth-order valence-corrected chi connectivity index (χ4v) is 4.72. The Morgan fingerprint density at radius 2 is 1.77 bits per heavy atom. The molecule has 1 aromatic carbocycles. The van der Waals surface area contributed by atoms with Crippen LogP contribution in [0.5, 0.6) is 0 Å². The molecule has 6 rings (SSSR count). The summed E-state index contributed by atoms with van der Waals surface area (Å²) >= 11 is 6.07. The van der Waals surface area contributed by atoms with E-state index in [4.69, 9.17) is 11.6 Å². The highest BCUT2D eigenvalue weighted by Gasteiger charge is 2.32. The number of pyridine rings is 2. The first-order valence-corrected chi connectivity index (χ1v) is 12.8. The van der Waals surface area contributed by atoms with Gasteiger partial charge in [-0.15, -0.1) is 5.10 Å². The van der Waals surface area contributed by atoms with Crippen molar-refractivity contribution < 1.29 is 22.0 Å². The first-order chi connectivity index (χ1) is 20.6. The minimum absolute atomic E-state index is 0.0936. The van der Waals surface area contributed by atoms with Crippen molar-refractivity contribution in [3.63, 3.8) is 0 Å². The van der Waals surface area contributed by atoms with Gasteiger partial charge in [-0.2, -0.15) is 27.3 Å². The fraction of sp³-hybridized carbons (Fsp3) is 0.154. The summed E-state index contributed by atoms with van der Waals surface area (Å²) in [5, 5.41) is 22.4. The molecule has 11 nitrogen and oxygen atoms in total. The van der Waals surface area contributed by atoms with Gasteiger partial charge in [0.15, 0.2) is 5.82 Å². The van der Waals surface area contributed by atoms with E-state index in [1.807, 2.05) is 0 Å². The van der Waals surface area contributed by atoms with Crippen molar-refractivity contribution in [3.8, 4) is 28.1 Å². The van der Waals surface area contributed by atoms with E-state index in [9.17, 15) is 17.6 Å². The van der Waals surface area contributed by atoms with Crippen LogP contribution >= 0.6 is 11.6 Å². The number of halogens is 6. The zero-order valence-electron chi connectivity index (χ0n) is 21.8. The van der Waals surface area contributed by atoms with E-state index in [1.165, 1.54) is 51.9 Å². The molecule has 0 spiro atoms. The number of rotatable bonds is 7. The van der Waals surface area contributed by atoms with Gasteiger partial charge in [0.05, 0.1) is 28.6 Å². The Labute approximate surface area is 243 Å². The molecule has 5 heterocycles. The molecule has 0 aliphatic heterocycles. The summed E-state index contributed by atoms with van der Waals surface area (Å²) in [5.41, 5.74) is 1.08. The maximum Gasteiger partial charge on any atom is 0.433 e. The van der Waals surface area contributed by atoms with Gasteiger partial charge in [0, 0.05) is 48.7 Å². The molecule has 0 bridgehead atoms. The van der Waals surface area contributed by atoms with Gasteiger partial charge in [-0.1, -0.05) is 34.0 Å². The van der Waals surface area contributed by atoms with E-state index >= 15 is 4.39 Å². The molecular weight excluding hydrogens is 597 g/mol. The van der Waals surface area contributed by atoms with Gasteiger partial charge in [0.2, 0.25) is 0 Å². The normalized spacial score (nSPS) is 12.5. The number of alkyl halides is 3. The molecule has 0 amide bonds. The molecule has 5 aromatic heterocycles. The second-order valence-electron chi connectivity index (χ2n) is 9.31. The summed E-state index contributed by atoms with van der Waals surface area (Å²) in [6.07, 6.45) is 2.33. The van der Waals surface area contributed by atoms with Crippen LogP contribution in [0.25, 0.3) is 28.1 Å². The fourth-order valence-electron chi connectivity index (χ4n) is 4.57. The molecule has 0 fully saturated rings. The van der Waals surface area contributed by atoms with Crippen LogP contribution < -0.4 is 0 Å². The number of aryl methyl sites for hydroxylation is 1. The number of benzene rings is 1. The monoisotopic (exact) mass is 613 g/mol. The molecule has 0 radical (unpaired) electrons. The molecule has 43 heavy (non-hydrogen) atoms. The van der Waals surface area contributed by atoms with Gasteiger partial charge in [0.1, 0.15) is 17.7 Å². The first kappa shape index (κ1) is 28.0. The van der Waals surface area contributed by atoms with E-state index in [0.717, 1.165) is 12.3 Å². The lowest BCUT2D eigenvalue weighted by atomic mass is 10.0. The molecule has 218 valence electrons. The van der Waals surface area contributed by atoms with Gasteiger partial charge in [-0.25, -0.2) is 9.07 Å². The SMILES string of the molecule is Cn1nnc(F)c1-c1cnn([C@H](Cc2ccc(C(F)(F)F)nc2)c2ccc(-c3c(-n4cnnn4)ccc(Cl)c3F)cn2)c1. The van der Waals surface area contributed by atoms with Crippen LogP contribution in [0.2, 0.25) is 5.02 Å². The Balaban J connectivity index is 1.40. The molecule has 0 unspecified atom stereocenters. The average molecular weight is 614 g/mol. The summed E-state index contributed by atoms with van der Waals surface area (Å²) in [6, 6.07) is 7.68. The maximum absolute atomic E-state index is 15.3. The average Bonchev–Trinajstić information content (AvgIpc) is 3.75. The molecule has 0 aliphatic rings. The number of tetrazole rings is 1.